The summed E-state index contributed by atoms with van der Waals surface area (Å²) in [5.41, 5.74) is 1.04. The maximum absolute atomic E-state index is 6.27. The van der Waals surface area contributed by atoms with Crippen molar-refractivity contribution in [3.63, 3.8) is 0 Å². The monoisotopic (exact) mass is 238 g/mol. The Balaban J connectivity index is 2.11. The van der Waals surface area contributed by atoms with E-state index in [4.69, 9.17) is 9.47 Å². The molecule has 0 amide bonds. The quantitative estimate of drug-likeness (QED) is 0.642. The van der Waals surface area contributed by atoms with Gasteiger partial charge in [0.1, 0.15) is 6.79 Å². The minimum atomic E-state index is 0.0412. The molecule has 2 nitrogen and oxygen atoms in total. The molecule has 0 N–H and O–H groups in total. The Hall–Kier alpha value is -0.0800. The fraction of sp³-hybridized carbons (Fsp3) is 1.00. The molecule has 17 heavy (non-hydrogen) atoms. The molecule has 1 spiro atoms. The largest absolute Gasteiger partial charge is 0.355 e. The first-order valence-corrected chi connectivity index (χ1v) is 7.01. The lowest BCUT2D eigenvalue weighted by Crippen LogP contribution is -2.61. The Morgan fingerprint density at radius 1 is 1.12 bits per heavy atom. The van der Waals surface area contributed by atoms with Crippen LogP contribution in [-0.4, -0.2) is 19.0 Å². The number of ether oxygens (including phenoxy) is 2. The maximum Gasteiger partial charge on any atom is 0.147 e. The average Bonchev–Trinajstić information content (AvgIpc) is 2.57. The van der Waals surface area contributed by atoms with Crippen molar-refractivity contribution >= 4 is 0 Å². The SMILES string of the molecule is CC1CC2(C)CC1(C)C(C)(C)C21CCOCO1. The minimum absolute atomic E-state index is 0.0412. The Labute approximate surface area is 105 Å². The highest BCUT2D eigenvalue weighted by Crippen LogP contribution is 2.78. The van der Waals surface area contributed by atoms with E-state index in [1.54, 1.807) is 0 Å². The van der Waals surface area contributed by atoms with Gasteiger partial charge in [0, 0.05) is 11.8 Å². The van der Waals surface area contributed by atoms with Crippen molar-refractivity contribution in [3.8, 4) is 0 Å². The van der Waals surface area contributed by atoms with E-state index in [9.17, 15) is 0 Å². The zero-order valence-corrected chi connectivity index (χ0v) is 11.9. The Morgan fingerprint density at radius 3 is 2.29 bits per heavy atom. The van der Waals surface area contributed by atoms with Gasteiger partial charge in [-0.15, -0.1) is 0 Å². The van der Waals surface area contributed by atoms with E-state index in [0.29, 0.717) is 17.6 Å². The molecule has 0 aromatic heterocycles. The van der Waals surface area contributed by atoms with Crippen LogP contribution >= 0.6 is 0 Å². The van der Waals surface area contributed by atoms with Gasteiger partial charge in [0.25, 0.3) is 0 Å². The predicted octanol–water partition coefficient (Wildman–Crippen LogP) is 3.60. The van der Waals surface area contributed by atoms with Gasteiger partial charge in [0.2, 0.25) is 0 Å². The van der Waals surface area contributed by atoms with E-state index < -0.39 is 0 Å². The molecule has 0 radical (unpaired) electrons. The average molecular weight is 238 g/mol. The Kier molecular flexibility index (Phi) is 2.17. The van der Waals surface area contributed by atoms with Crippen molar-refractivity contribution in [3.05, 3.63) is 0 Å². The summed E-state index contributed by atoms with van der Waals surface area (Å²) in [5, 5.41) is 0. The number of rotatable bonds is 0. The summed E-state index contributed by atoms with van der Waals surface area (Å²) in [6.07, 6.45) is 3.69. The summed E-state index contributed by atoms with van der Waals surface area (Å²) < 4.78 is 11.7. The van der Waals surface area contributed by atoms with Gasteiger partial charge in [-0.2, -0.15) is 0 Å². The number of fused-ring (bicyclic) bond motifs is 3. The molecule has 1 saturated heterocycles. The minimum Gasteiger partial charge on any atom is -0.355 e. The molecule has 4 unspecified atom stereocenters. The summed E-state index contributed by atoms with van der Waals surface area (Å²) in [7, 11) is 0. The number of hydrogen-bond donors (Lipinski definition) is 0. The van der Waals surface area contributed by atoms with Gasteiger partial charge >= 0.3 is 0 Å². The molecule has 2 saturated carbocycles. The second-order valence-corrected chi connectivity index (χ2v) is 7.63. The molecule has 2 heteroatoms. The molecule has 3 rings (SSSR count). The fourth-order valence-electron chi connectivity index (χ4n) is 5.78. The van der Waals surface area contributed by atoms with Gasteiger partial charge in [0.05, 0.1) is 12.2 Å². The molecule has 0 aromatic rings. The van der Waals surface area contributed by atoms with Crippen molar-refractivity contribution in [2.75, 3.05) is 13.4 Å². The van der Waals surface area contributed by atoms with E-state index in [-0.39, 0.29) is 11.0 Å². The molecule has 3 aliphatic rings. The maximum atomic E-state index is 6.27. The van der Waals surface area contributed by atoms with Crippen LogP contribution in [0, 0.1) is 22.2 Å². The summed E-state index contributed by atoms with van der Waals surface area (Å²) in [5.74, 6) is 0.805. The van der Waals surface area contributed by atoms with Crippen molar-refractivity contribution in [2.45, 2.75) is 59.5 Å². The van der Waals surface area contributed by atoms with E-state index >= 15 is 0 Å². The molecule has 1 heterocycles. The smallest absolute Gasteiger partial charge is 0.147 e. The second-order valence-electron chi connectivity index (χ2n) is 7.63. The van der Waals surface area contributed by atoms with Crippen LogP contribution in [-0.2, 0) is 9.47 Å². The third kappa shape index (κ3) is 1.06. The zero-order valence-electron chi connectivity index (χ0n) is 11.9. The third-order valence-corrected chi connectivity index (χ3v) is 7.00. The first-order chi connectivity index (χ1) is 7.79. The molecule has 98 valence electrons. The zero-order chi connectivity index (χ0) is 12.5. The first-order valence-electron chi connectivity index (χ1n) is 7.01. The van der Waals surface area contributed by atoms with Crippen molar-refractivity contribution in [2.24, 2.45) is 22.2 Å². The summed E-state index contributed by atoms with van der Waals surface area (Å²) in [6.45, 7) is 13.6. The second kappa shape index (κ2) is 3.08. The van der Waals surface area contributed by atoms with Gasteiger partial charge < -0.3 is 9.47 Å². The standard InChI is InChI=1S/C15H26O2/c1-11-8-13(4)9-14(11,5)12(2,3)15(13)6-7-16-10-17-15/h11H,6-10H2,1-5H3. The van der Waals surface area contributed by atoms with Crippen LogP contribution in [0.3, 0.4) is 0 Å². The van der Waals surface area contributed by atoms with Gasteiger partial charge in [-0.1, -0.05) is 34.6 Å². The fourth-order valence-corrected chi connectivity index (χ4v) is 5.78. The van der Waals surface area contributed by atoms with Crippen molar-refractivity contribution in [1.82, 2.24) is 0 Å². The van der Waals surface area contributed by atoms with E-state index in [1.165, 1.54) is 12.8 Å². The molecule has 0 aromatic carbocycles. The summed E-state index contributed by atoms with van der Waals surface area (Å²) in [4.78, 5) is 0. The summed E-state index contributed by atoms with van der Waals surface area (Å²) >= 11 is 0. The van der Waals surface area contributed by atoms with Crippen LogP contribution in [0.5, 0.6) is 0 Å². The lowest BCUT2D eigenvalue weighted by Gasteiger charge is -2.59. The Bertz CT molecular complexity index is 343. The van der Waals surface area contributed by atoms with E-state index in [0.717, 1.165) is 18.9 Å². The molecule has 4 atom stereocenters. The van der Waals surface area contributed by atoms with Crippen molar-refractivity contribution < 1.29 is 9.47 Å². The van der Waals surface area contributed by atoms with Crippen LogP contribution in [0.1, 0.15) is 53.9 Å². The predicted molar refractivity (Wildman–Crippen MR) is 67.6 cm³/mol. The van der Waals surface area contributed by atoms with Gasteiger partial charge in [-0.25, -0.2) is 0 Å². The topological polar surface area (TPSA) is 18.5 Å². The summed E-state index contributed by atoms with van der Waals surface area (Å²) in [6, 6.07) is 0. The first kappa shape index (κ1) is 12.0. The van der Waals surface area contributed by atoms with Crippen LogP contribution < -0.4 is 0 Å². The molecule has 2 bridgehead atoms. The van der Waals surface area contributed by atoms with E-state index in [2.05, 4.69) is 34.6 Å². The van der Waals surface area contributed by atoms with Crippen molar-refractivity contribution in [1.29, 1.82) is 0 Å². The Morgan fingerprint density at radius 2 is 1.82 bits per heavy atom. The number of hydrogen-bond acceptors (Lipinski definition) is 2. The normalized spacial score (nSPS) is 56.6. The lowest BCUT2D eigenvalue weighted by molar-refractivity contribution is -0.283. The molecular weight excluding hydrogens is 212 g/mol. The van der Waals surface area contributed by atoms with Crippen LogP contribution in [0.4, 0.5) is 0 Å². The van der Waals surface area contributed by atoms with E-state index in [1.807, 2.05) is 0 Å². The van der Waals surface area contributed by atoms with Gasteiger partial charge in [0.15, 0.2) is 0 Å². The molecule has 3 fully saturated rings. The van der Waals surface area contributed by atoms with Crippen LogP contribution in [0.25, 0.3) is 0 Å². The highest BCUT2D eigenvalue weighted by Gasteiger charge is 2.76. The van der Waals surface area contributed by atoms with Gasteiger partial charge in [-0.3, -0.25) is 0 Å². The van der Waals surface area contributed by atoms with Crippen LogP contribution in [0.2, 0.25) is 0 Å². The van der Waals surface area contributed by atoms with Crippen LogP contribution in [0.15, 0.2) is 0 Å². The lowest BCUT2D eigenvalue weighted by atomic mass is 9.52. The third-order valence-electron chi connectivity index (χ3n) is 7.00. The molecular formula is C15H26O2. The molecule has 1 aliphatic heterocycles. The highest BCUT2D eigenvalue weighted by atomic mass is 16.7. The van der Waals surface area contributed by atoms with Gasteiger partial charge in [-0.05, 0) is 29.6 Å². The highest BCUT2D eigenvalue weighted by molar-refractivity contribution is 5.25. The molecule has 2 aliphatic carbocycles.